The van der Waals surface area contributed by atoms with Crippen LogP contribution in [0.1, 0.15) is 35.1 Å². The van der Waals surface area contributed by atoms with Gasteiger partial charge in [0, 0.05) is 34.3 Å². The first-order valence-corrected chi connectivity index (χ1v) is 11.9. The first-order chi connectivity index (χ1) is 15.5. The van der Waals surface area contributed by atoms with E-state index >= 15 is 0 Å². The van der Waals surface area contributed by atoms with Crippen molar-refractivity contribution in [1.29, 1.82) is 0 Å². The van der Waals surface area contributed by atoms with E-state index < -0.39 is 7.82 Å². The predicted molar refractivity (Wildman–Crippen MR) is 123 cm³/mol. The molecule has 178 valence electrons. The van der Waals surface area contributed by atoms with Crippen molar-refractivity contribution in [2.24, 2.45) is 0 Å². The van der Waals surface area contributed by atoms with Gasteiger partial charge >= 0.3 is 7.82 Å². The third kappa shape index (κ3) is 8.26. The summed E-state index contributed by atoms with van der Waals surface area (Å²) in [5.41, 5.74) is 7.21. The normalized spacial score (nSPS) is 12.2. The van der Waals surface area contributed by atoms with Crippen molar-refractivity contribution in [3.8, 4) is 5.75 Å². The van der Waals surface area contributed by atoms with Crippen LogP contribution in [0.15, 0.2) is 41.1 Å². The first kappa shape index (κ1) is 26.5. The average molecular weight is 496 g/mol. The van der Waals surface area contributed by atoms with Gasteiger partial charge in [0.05, 0.1) is 20.3 Å². The molecule has 33 heavy (non-hydrogen) atoms. The summed E-state index contributed by atoms with van der Waals surface area (Å²) in [6, 6.07) is 6.46. The molecule has 2 rings (SSSR count). The highest BCUT2D eigenvalue weighted by Crippen LogP contribution is 2.37. The largest absolute Gasteiger partial charge is 0.497 e. The van der Waals surface area contributed by atoms with Crippen LogP contribution >= 0.6 is 19.6 Å². The van der Waals surface area contributed by atoms with Gasteiger partial charge in [0.25, 0.3) is 0 Å². The number of nitrogens with two attached hydrogens (primary N) is 1. The maximum absolute atomic E-state index is 12.8. The van der Waals surface area contributed by atoms with Crippen LogP contribution in [0.25, 0.3) is 0 Å². The molecule has 1 aromatic carbocycles. The predicted octanol–water partition coefficient (Wildman–Crippen LogP) is 2.64. The van der Waals surface area contributed by atoms with Crippen molar-refractivity contribution in [3.63, 3.8) is 0 Å². The fraction of sp³-hybridized carbons (Fsp3) is 0.300. The summed E-state index contributed by atoms with van der Waals surface area (Å²) >= 11 is 0.835. The van der Waals surface area contributed by atoms with Crippen LogP contribution in [0, 0.1) is 6.92 Å². The van der Waals surface area contributed by atoms with E-state index in [1.54, 1.807) is 38.1 Å². The number of nitrogen functional groups attached to an aromatic ring is 1. The molecule has 0 fully saturated rings. The minimum absolute atomic E-state index is 0.0201. The van der Waals surface area contributed by atoms with E-state index in [9.17, 15) is 14.2 Å². The Bertz CT molecular complexity index is 1070. The summed E-state index contributed by atoms with van der Waals surface area (Å²) in [6.45, 7) is 2.98. The number of phosphoric acid groups is 1. The monoisotopic (exact) mass is 496 g/mol. The van der Waals surface area contributed by atoms with Gasteiger partial charge in [0.1, 0.15) is 17.4 Å². The number of hydrogen-bond acceptors (Lipinski definition) is 9. The number of hydrogen-bond donors (Lipinski definition) is 3. The van der Waals surface area contributed by atoms with Gasteiger partial charge in [0.15, 0.2) is 0 Å². The Kier molecular flexibility index (Phi) is 9.56. The Morgan fingerprint density at radius 3 is 2.52 bits per heavy atom. The van der Waals surface area contributed by atoms with E-state index in [2.05, 4.69) is 14.5 Å². The van der Waals surface area contributed by atoms with Crippen molar-refractivity contribution in [1.82, 2.24) is 14.9 Å². The van der Waals surface area contributed by atoms with Crippen molar-refractivity contribution < 1.29 is 33.2 Å². The van der Waals surface area contributed by atoms with E-state index in [0.717, 1.165) is 11.8 Å². The number of rotatable bonds is 11. The Balaban J connectivity index is 2.31. The van der Waals surface area contributed by atoms with Gasteiger partial charge < -0.3 is 25.2 Å². The van der Waals surface area contributed by atoms with Gasteiger partial charge in [-0.1, -0.05) is 0 Å². The number of thioether (sulfide) groups is 1. The van der Waals surface area contributed by atoms with Gasteiger partial charge in [-0.05, 0) is 49.9 Å². The summed E-state index contributed by atoms with van der Waals surface area (Å²) in [5.74, 6) is 1.29. The maximum Gasteiger partial charge on any atom is 0.469 e. The molecule has 0 unspecified atom stereocenters. The minimum Gasteiger partial charge on any atom is -0.497 e. The van der Waals surface area contributed by atoms with Crippen LogP contribution < -0.4 is 10.5 Å². The molecule has 0 saturated carbocycles. The molecule has 1 amide bonds. The Morgan fingerprint density at radius 2 is 1.97 bits per heavy atom. The molecule has 0 aliphatic carbocycles. The molecule has 11 nitrogen and oxygen atoms in total. The standard InChI is InChI=1S/C20H25N4O7PS/c1-13(24(12-25)11-16-10-22-14(2)23-19(16)21)18(8-9-31-32(27,28)29)33-20(26)15-4-6-17(30-3)7-5-15/h4-7,10,12H,8-9,11H2,1-3H3,(H2,21,22,23)(H2,27,28,29). The second-order valence-electron chi connectivity index (χ2n) is 6.76. The number of amides is 1. The van der Waals surface area contributed by atoms with Crippen LogP contribution in [0.4, 0.5) is 5.82 Å². The quantitative estimate of drug-likeness (QED) is 0.309. The fourth-order valence-corrected chi connectivity index (χ4v) is 3.93. The fourth-order valence-electron chi connectivity index (χ4n) is 2.67. The molecule has 0 radical (unpaired) electrons. The number of anilines is 1. The second-order valence-corrected chi connectivity index (χ2v) is 9.07. The summed E-state index contributed by atoms with van der Waals surface area (Å²) in [5, 5.41) is -0.327. The Hall–Kier alpha value is -2.76. The van der Waals surface area contributed by atoms with Crippen molar-refractivity contribution >= 4 is 36.9 Å². The molecule has 0 atom stereocenters. The lowest BCUT2D eigenvalue weighted by Gasteiger charge is -2.22. The number of benzene rings is 1. The van der Waals surface area contributed by atoms with E-state index in [4.69, 9.17) is 20.3 Å². The Morgan fingerprint density at radius 1 is 1.30 bits per heavy atom. The number of phosphoric ester groups is 1. The number of methoxy groups -OCH3 is 1. The SMILES string of the molecule is COc1ccc(C(=O)SC(CCOP(=O)(O)O)=C(C)N(C=O)Cc2cnc(C)nc2N)cc1. The van der Waals surface area contributed by atoms with Crippen molar-refractivity contribution in [2.75, 3.05) is 19.5 Å². The van der Waals surface area contributed by atoms with Crippen LogP contribution in [0.2, 0.25) is 0 Å². The molecule has 0 aliphatic heterocycles. The second kappa shape index (κ2) is 11.9. The molecular weight excluding hydrogens is 471 g/mol. The highest BCUT2D eigenvalue weighted by Gasteiger charge is 2.20. The lowest BCUT2D eigenvalue weighted by Crippen LogP contribution is -2.22. The zero-order valence-electron chi connectivity index (χ0n) is 18.3. The number of aromatic nitrogens is 2. The summed E-state index contributed by atoms with van der Waals surface area (Å²) in [7, 11) is -3.19. The molecule has 1 heterocycles. The molecule has 0 bridgehead atoms. The molecule has 0 saturated heterocycles. The van der Waals surface area contributed by atoms with Gasteiger partial charge in [0.2, 0.25) is 11.5 Å². The topological polar surface area (TPSA) is 165 Å². The van der Waals surface area contributed by atoms with Crippen LogP contribution in [-0.2, 0) is 20.4 Å². The van der Waals surface area contributed by atoms with Gasteiger partial charge in [-0.2, -0.15) is 0 Å². The van der Waals surface area contributed by atoms with Crippen LogP contribution in [-0.4, -0.2) is 49.9 Å². The van der Waals surface area contributed by atoms with Gasteiger partial charge in [-0.25, -0.2) is 14.5 Å². The number of nitrogens with zero attached hydrogens (tertiary/aromatic N) is 3. The van der Waals surface area contributed by atoms with E-state index in [-0.39, 0.29) is 30.5 Å². The molecular formula is C20H25N4O7PS. The van der Waals surface area contributed by atoms with E-state index in [1.165, 1.54) is 18.2 Å². The summed E-state index contributed by atoms with van der Waals surface area (Å²) < 4.78 is 20.7. The molecule has 13 heteroatoms. The first-order valence-electron chi connectivity index (χ1n) is 9.60. The Labute approximate surface area is 195 Å². The lowest BCUT2D eigenvalue weighted by atomic mass is 10.2. The lowest BCUT2D eigenvalue weighted by molar-refractivity contribution is -0.116. The maximum atomic E-state index is 12.8. The zero-order chi connectivity index (χ0) is 24.6. The van der Waals surface area contributed by atoms with Gasteiger partial charge in [-0.15, -0.1) is 0 Å². The number of carbonyl (C=O) groups is 2. The smallest absolute Gasteiger partial charge is 0.469 e. The number of carbonyl (C=O) groups excluding carboxylic acids is 2. The third-order valence-corrected chi connectivity index (χ3v) is 6.14. The number of ether oxygens (including phenoxy) is 1. The average Bonchev–Trinajstić information content (AvgIpc) is 2.76. The van der Waals surface area contributed by atoms with Crippen LogP contribution in [0.3, 0.4) is 0 Å². The third-order valence-electron chi connectivity index (χ3n) is 4.45. The molecule has 2 aromatic rings. The molecule has 4 N–H and O–H groups in total. The van der Waals surface area contributed by atoms with Crippen molar-refractivity contribution in [3.05, 3.63) is 58.0 Å². The van der Waals surface area contributed by atoms with Gasteiger partial charge in [-0.3, -0.25) is 14.1 Å². The van der Waals surface area contributed by atoms with E-state index in [0.29, 0.717) is 39.7 Å². The number of allylic oxidation sites excluding steroid dienone is 1. The van der Waals surface area contributed by atoms with Crippen LogP contribution in [0.5, 0.6) is 5.75 Å². The highest BCUT2D eigenvalue weighted by atomic mass is 32.2. The van der Waals surface area contributed by atoms with Crippen molar-refractivity contribution in [2.45, 2.75) is 26.8 Å². The zero-order valence-corrected chi connectivity index (χ0v) is 20.0. The summed E-state index contributed by atoms with van der Waals surface area (Å²) in [4.78, 5) is 52.5. The van der Waals surface area contributed by atoms with E-state index in [1.807, 2.05) is 0 Å². The molecule has 0 aliphatic rings. The molecule has 0 spiro atoms. The molecule has 1 aromatic heterocycles. The number of aryl methyl sites for hydroxylation is 1. The highest BCUT2D eigenvalue weighted by molar-refractivity contribution is 8.17. The summed E-state index contributed by atoms with van der Waals surface area (Å²) in [6.07, 6.45) is 2.05. The minimum atomic E-state index is -4.70.